The van der Waals surface area contributed by atoms with E-state index in [2.05, 4.69) is 10.2 Å². The van der Waals surface area contributed by atoms with Crippen LogP contribution in [0.1, 0.15) is 6.42 Å². The van der Waals surface area contributed by atoms with E-state index in [4.69, 9.17) is 10.2 Å². The van der Waals surface area contributed by atoms with Crippen LogP contribution in [0.15, 0.2) is 0 Å². The number of nitrogens with one attached hydrogen (secondary N) is 1. The van der Waals surface area contributed by atoms with Crippen molar-refractivity contribution in [3.8, 4) is 0 Å². The fourth-order valence-electron chi connectivity index (χ4n) is 1.68. The maximum Gasteiger partial charge on any atom is 0.328 e. The number of likely N-dealkylation sites (N-methyl/N-ethyl adjacent to an activating group) is 1. The average molecular weight is 245 g/mol. The number of carboxylic acid groups (broad SMARTS) is 1. The van der Waals surface area contributed by atoms with Crippen LogP contribution in [0, 0.1) is 0 Å². The summed E-state index contributed by atoms with van der Waals surface area (Å²) in [6.07, 6.45) is 0.862. The summed E-state index contributed by atoms with van der Waals surface area (Å²) >= 11 is 0. The third-order valence-electron chi connectivity index (χ3n) is 2.79. The summed E-state index contributed by atoms with van der Waals surface area (Å²) < 4.78 is 0. The second-order valence-electron chi connectivity index (χ2n) is 4.17. The van der Waals surface area contributed by atoms with Crippen molar-refractivity contribution in [1.82, 2.24) is 15.1 Å². The molecule has 0 aromatic carbocycles. The summed E-state index contributed by atoms with van der Waals surface area (Å²) in [5.41, 5.74) is 0. The lowest BCUT2D eigenvalue weighted by atomic mass is 10.3. The Hall–Kier alpha value is -1.34. The van der Waals surface area contributed by atoms with E-state index in [1.54, 1.807) is 4.90 Å². The van der Waals surface area contributed by atoms with E-state index in [0.29, 0.717) is 13.1 Å². The average Bonchev–Trinajstić information content (AvgIpc) is 2.50. The Labute approximate surface area is 100.0 Å². The molecule has 98 valence electrons. The number of amides is 2. The van der Waals surface area contributed by atoms with Gasteiger partial charge < -0.3 is 25.3 Å². The number of carbonyl (C=O) groups is 2. The van der Waals surface area contributed by atoms with E-state index in [9.17, 15) is 9.59 Å². The van der Waals surface area contributed by atoms with Crippen molar-refractivity contribution in [2.45, 2.75) is 12.5 Å². The lowest BCUT2D eigenvalue weighted by Gasteiger charge is -2.22. The number of urea groups is 1. The molecule has 0 spiro atoms. The fraction of sp³-hybridized carbons (Fsp3) is 0.800. The normalized spacial score (nSPS) is 19.5. The van der Waals surface area contributed by atoms with Crippen molar-refractivity contribution in [3.05, 3.63) is 0 Å². The van der Waals surface area contributed by atoms with Crippen LogP contribution in [0.5, 0.6) is 0 Å². The smallest absolute Gasteiger partial charge is 0.328 e. The van der Waals surface area contributed by atoms with Crippen molar-refractivity contribution in [3.63, 3.8) is 0 Å². The number of aliphatic hydroxyl groups is 1. The van der Waals surface area contributed by atoms with Crippen molar-refractivity contribution in [1.29, 1.82) is 0 Å². The number of rotatable bonds is 3. The van der Waals surface area contributed by atoms with Gasteiger partial charge in [-0.1, -0.05) is 0 Å². The monoisotopic (exact) mass is 245 g/mol. The van der Waals surface area contributed by atoms with E-state index in [-0.39, 0.29) is 0 Å². The van der Waals surface area contributed by atoms with Gasteiger partial charge in [0.1, 0.15) is 0 Å². The maximum atomic E-state index is 11.8. The second-order valence-corrected chi connectivity index (χ2v) is 4.17. The van der Waals surface area contributed by atoms with Gasteiger partial charge in [-0.15, -0.1) is 0 Å². The number of carboxylic acids is 1. The summed E-state index contributed by atoms with van der Waals surface area (Å²) in [6.45, 7) is 2.26. The third kappa shape index (κ3) is 4.20. The number of hydrogen-bond donors (Lipinski definition) is 3. The molecule has 1 atom stereocenters. The minimum Gasteiger partial charge on any atom is -0.480 e. The van der Waals surface area contributed by atoms with Crippen LogP contribution in [0.2, 0.25) is 0 Å². The molecule has 0 aromatic rings. The molecule has 17 heavy (non-hydrogen) atoms. The zero-order valence-corrected chi connectivity index (χ0v) is 9.93. The molecule has 2 amide bonds. The summed E-state index contributed by atoms with van der Waals surface area (Å²) in [5, 5.41) is 19.8. The molecule has 1 aliphatic rings. The van der Waals surface area contributed by atoms with Gasteiger partial charge in [0.25, 0.3) is 0 Å². The predicted octanol–water partition coefficient (Wildman–Crippen LogP) is -1.22. The number of aliphatic carboxylic acids is 1. The molecule has 0 bridgehead atoms. The van der Waals surface area contributed by atoms with Gasteiger partial charge in [-0.25, -0.2) is 9.59 Å². The number of aliphatic hydroxyl groups excluding tert-OH is 1. The van der Waals surface area contributed by atoms with Gasteiger partial charge in [0.05, 0.1) is 6.61 Å². The van der Waals surface area contributed by atoms with Crippen molar-refractivity contribution < 1.29 is 19.8 Å². The first-order chi connectivity index (χ1) is 8.04. The van der Waals surface area contributed by atoms with Crippen LogP contribution in [-0.2, 0) is 4.79 Å². The van der Waals surface area contributed by atoms with Gasteiger partial charge in [-0.2, -0.15) is 0 Å². The topological polar surface area (TPSA) is 93.1 Å². The van der Waals surface area contributed by atoms with Crippen LogP contribution in [0.3, 0.4) is 0 Å². The van der Waals surface area contributed by atoms with E-state index in [1.165, 1.54) is 0 Å². The van der Waals surface area contributed by atoms with E-state index >= 15 is 0 Å². The molecule has 1 rings (SSSR count). The number of nitrogens with zero attached hydrogens (tertiary/aromatic N) is 2. The molecule has 1 fully saturated rings. The van der Waals surface area contributed by atoms with Crippen LogP contribution in [-0.4, -0.2) is 77.9 Å². The Morgan fingerprint density at radius 2 is 2.00 bits per heavy atom. The molecule has 1 saturated heterocycles. The van der Waals surface area contributed by atoms with Crippen LogP contribution in [0.25, 0.3) is 0 Å². The summed E-state index contributed by atoms with van der Waals surface area (Å²) in [4.78, 5) is 26.1. The van der Waals surface area contributed by atoms with Crippen molar-refractivity contribution in [2.24, 2.45) is 0 Å². The molecule has 0 aromatic heterocycles. The van der Waals surface area contributed by atoms with E-state index in [1.807, 2.05) is 7.05 Å². The SMILES string of the molecule is CN1CCCN(C(=O)N[C@H](CO)C(=O)O)CC1. The highest BCUT2D eigenvalue weighted by atomic mass is 16.4. The molecule has 7 nitrogen and oxygen atoms in total. The Balaban J connectivity index is 2.48. The van der Waals surface area contributed by atoms with Gasteiger partial charge in [0, 0.05) is 19.6 Å². The molecule has 0 radical (unpaired) electrons. The first kappa shape index (κ1) is 13.7. The molecule has 0 aliphatic carbocycles. The Morgan fingerprint density at radius 3 is 2.59 bits per heavy atom. The number of carbonyl (C=O) groups excluding carboxylic acids is 1. The lowest BCUT2D eigenvalue weighted by Crippen LogP contribution is -2.50. The first-order valence-electron chi connectivity index (χ1n) is 5.62. The minimum atomic E-state index is -1.23. The van der Waals surface area contributed by atoms with Gasteiger partial charge in [-0.05, 0) is 20.0 Å². The van der Waals surface area contributed by atoms with Gasteiger partial charge in [-0.3, -0.25) is 0 Å². The van der Waals surface area contributed by atoms with E-state index in [0.717, 1.165) is 19.5 Å². The lowest BCUT2D eigenvalue weighted by molar-refractivity contribution is -0.140. The van der Waals surface area contributed by atoms with Gasteiger partial charge >= 0.3 is 12.0 Å². The quantitative estimate of drug-likeness (QED) is 0.579. The third-order valence-corrected chi connectivity index (χ3v) is 2.79. The van der Waals surface area contributed by atoms with Crippen molar-refractivity contribution >= 4 is 12.0 Å². The molecule has 3 N–H and O–H groups in total. The molecule has 1 aliphatic heterocycles. The highest BCUT2D eigenvalue weighted by Gasteiger charge is 2.23. The number of hydrogen-bond acceptors (Lipinski definition) is 4. The molecule has 0 saturated carbocycles. The largest absolute Gasteiger partial charge is 0.480 e. The molecule has 1 heterocycles. The van der Waals surface area contributed by atoms with Crippen LogP contribution in [0.4, 0.5) is 4.79 Å². The summed E-state index contributed by atoms with van der Waals surface area (Å²) in [7, 11) is 1.98. The summed E-state index contributed by atoms with van der Waals surface area (Å²) in [6, 6.07) is -1.66. The highest BCUT2D eigenvalue weighted by Crippen LogP contribution is 2.01. The predicted molar refractivity (Wildman–Crippen MR) is 60.7 cm³/mol. The highest BCUT2D eigenvalue weighted by molar-refractivity contribution is 5.82. The Kier molecular flexibility index (Phi) is 5.17. The zero-order chi connectivity index (χ0) is 12.8. The molecular formula is C10H19N3O4. The van der Waals surface area contributed by atoms with Gasteiger partial charge in [0.2, 0.25) is 0 Å². The zero-order valence-electron chi connectivity index (χ0n) is 9.93. The molecule has 0 unspecified atom stereocenters. The first-order valence-corrected chi connectivity index (χ1v) is 5.62. The minimum absolute atomic E-state index is 0.429. The second kappa shape index (κ2) is 6.41. The fourth-order valence-corrected chi connectivity index (χ4v) is 1.68. The Bertz CT molecular complexity index is 285. The Morgan fingerprint density at radius 1 is 1.29 bits per heavy atom. The van der Waals surface area contributed by atoms with E-state index < -0.39 is 24.6 Å². The van der Waals surface area contributed by atoms with Gasteiger partial charge in [0.15, 0.2) is 6.04 Å². The summed E-state index contributed by atoms with van der Waals surface area (Å²) in [5.74, 6) is -1.23. The molecular weight excluding hydrogens is 226 g/mol. The molecule has 7 heteroatoms. The van der Waals surface area contributed by atoms with Crippen LogP contribution >= 0.6 is 0 Å². The van der Waals surface area contributed by atoms with Crippen LogP contribution < -0.4 is 5.32 Å². The standard InChI is InChI=1S/C10H19N3O4/c1-12-3-2-4-13(6-5-12)10(17)11-8(7-14)9(15)16/h8,14H,2-7H2,1H3,(H,11,17)(H,15,16)/t8-/m1/s1. The maximum absolute atomic E-state index is 11.8. The van der Waals surface area contributed by atoms with Crippen molar-refractivity contribution in [2.75, 3.05) is 39.8 Å².